The Morgan fingerprint density at radius 1 is 0.750 bits per heavy atom. The van der Waals surface area contributed by atoms with Gasteiger partial charge in [-0.05, 0) is 105 Å². The van der Waals surface area contributed by atoms with E-state index in [0.717, 1.165) is 68.1 Å². The second-order valence-electron chi connectivity index (χ2n) is 13.9. The summed E-state index contributed by atoms with van der Waals surface area (Å²) in [5.41, 5.74) is 13.7. The van der Waals surface area contributed by atoms with Crippen LogP contribution in [0, 0.1) is 6.92 Å². The lowest BCUT2D eigenvalue weighted by Crippen LogP contribution is -2.16. The van der Waals surface area contributed by atoms with Gasteiger partial charge in [-0.2, -0.15) is 5.10 Å². The van der Waals surface area contributed by atoms with Crippen molar-refractivity contribution in [3.63, 3.8) is 0 Å². The van der Waals surface area contributed by atoms with E-state index >= 15 is 0 Å². The smallest absolute Gasteiger partial charge is 0.185 e. The molecular formula is C40H45N12+. The van der Waals surface area contributed by atoms with Crippen molar-refractivity contribution < 1.29 is 4.68 Å². The Bertz CT molecular complexity index is 2270. The second kappa shape index (κ2) is 14.4. The SMILES string of the molecule is CC1=N[N+](C)=CC1c1ccnc(C2=NCc3ccnc(NC(C)C)c32)c1.Cc1c(-c2ccnc(C3=NCc4ccnc(NC(C)C)c43)c2)cnn1C. The first-order chi connectivity index (χ1) is 25.1. The normalized spacial score (nSPS) is 15.8. The number of aromatic nitrogens is 6. The molecule has 0 spiro atoms. The lowest BCUT2D eigenvalue weighted by Gasteiger charge is -2.14. The van der Waals surface area contributed by atoms with Gasteiger partial charge >= 0.3 is 0 Å². The number of fused-ring (bicyclic) bond motifs is 2. The first kappa shape index (κ1) is 34.5. The first-order valence-corrected chi connectivity index (χ1v) is 17.7. The number of hydrogen-bond donors (Lipinski definition) is 2. The van der Waals surface area contributed by atoms with Crippen molar-refractivity contribution in [2.45, 2.75) is 72.6 Å². The number of nitrogens with zero attached hydrogens (tertiary/aromatic N) is 10. The van der Waals surface area contributed by atoms with E-state index in [-0.39, 0.29) is 5.92 Å². The molecule has 0 saturated carbocycles. The van der Waals surface area contributed by atoms with Gasteiger partial charge in [-0.15, -0.1) is 0 Å². The molecule has 52 heavy (non-hydrogen) atoms. The average Bonchev–Trinajstić information content (AvgIpc) is 3.91. The van der Waals surface area contributed by atoms with E-state index in [4.69, 9.17) is 9.98 Å². The highest BCUT2D eigenvalue weighted by atomic mass is 15.4. The van der Waals surface area contributed by atoms with Crippen molar-refractivity contribution in [3.8, 4) is 11.1 Å². The fraction of sp³-hybridized carbons (Fsp3) is 0.325. The van der Waals surface area contributed by atoms with E-state index in [1.807, 2.05) is 72.6 Å². The molecule has 0 fully saturated rings. The minimum Gasteiger partial charge on any atom is -0.367 e. The number of aliphatic imine (C=N–C) groups is 2. The third-order valence-electron chi connectivity index (χ3n) is 9.28. The minimum atomic E-state index is 0.186. The zero-order valence-corrected chi connectivity index (χ0v) is 31.0. The van der Waals surface area contributed by atoms with Crippen LogP contribution >= 0.6 is 0 Å². The molecule has 0 radical (unpaired) electrons. The van der Waals surface area contributed by atoms with E-state index in [1.165, 1.54) is 16.7 Å². The fourth-order valence-electron chi connectivity index (χ4n) is 6.74. The quantitative estimate of drug-likeness (QED) is 0.185. The van der Waals surface area contributed by atoms with Crippen LogP contribution in [-0.4, -0.2) is 76.9 Å². The molecule has 2 N–H and O–H groups in total. The zero-order chi connectivity index (χ0) is 36.5. The number of rotatable bonds is 8. The van der Waals surface area contributed by atoms with Crippen molar-refractivity contribution in [1.82, 2.24) is 29.7 Å². The topological polar surface area (TPSA) is 134 Å². The summed E-state index contributed by atoms with van der Waals surface area (Å²) < 4.78 is 3.75. The Labute approximate surface area is 304 Å². The summed E-state index contributed by atoms with van der Waals surface area (Å²) in [5, 5.41) is 15.7. The molecule has 3 aliphatic heterocycles. The van der Waals surface area contributed by atoms with Crippen molar-refractivity contribution >= 4 is 35.0 Å². The number of anilines is 2. The maximum atomic E-state index is 4.77. The van der Waals surface area contributed by atoms with E-state index in [0.29, 0.717) is 25.2 Å². The largest absolute Gasteiger partial charge is 0.367 e. The van der Waals surface area contributed by atoms with Crippen LogP contribution in [0.1, 0.15) is 85.4 Å². The monoisotopic (exact) mass is 693 g/mol. The predicted octanol–water partition coefficient (Wildman–Crippen LogP) is 6.19. The molecule has 0 aliphatic carbocycles. The van der Waals surface area contributed by atoms with Crippen LogP contribution in [-0.2, 0) is 20.1 Å². The highest BCUT2D eigenvalue weighted by Crippen LogP contribution is 2.31. The number of aryl methyl sites for hydroxylation is 1. The Morgan fingerprint density at radius 2 is 1.31 bits per heavy atom. The van der Waals surface area contributed by atoms with Gasteiger partial charge in [0.1, 0.15) is 17.6 Å². The molecule has 3 aliphatic rings. The van der Waals surface area contributed by atoms with Gasteiger partial charge in [0, 0.05) is 66.3 Å². The van der Waals surface area contributed by atoms with Crippen LogP contribution in [0.3, 0.4) is 0 Å². The summed E-state index contributed by atoms with van der Waals surface area (Å²) in [5.74, 6) is 1.94. The first-order valence-electron chi connectivity index (χ1n) is 17.7. The lowest BCUT2D eigenvalue weighted by atomic mass is 9.95. The van der Waals surface area contributed by atoms with Crippen molar-refractivity contribution in [2.75, 3.05) is 17.7 Å². The molecule has 1 unspecified atom stereocenters. The fourth-order valence-corrected chi connectivity index (χ4v) is 6.74. The van der Waals surface area contributed by atoms with Gasteiger partial charge in [-0.1, -0.05) is 4.68 Å². The standard InChI is InChI=1S/C20H23N6.C20H22N6/c1-12(2)24-20-18-15(6-8-22-20)10-23-19(18)17-9-14(5-7-21-17)16-11-26(4)25-13(16)3;1-12(2)25-20-18-15(6-8-22-20)10-23-19(18)17-9-14(5-7-21-17)16-11-24-26(4)13(16)3/h5-9,11-12,16H,10H2,1-4H3,(H,22,24);5-9,11-12H,10H2,1-4H3,(H,22,25)/q+1;. The summed E-state index contributed by atoms with van der Waals surface area (Å²) >= 11 is 0. The molecule has 12 nitrogen and oxygen atoms in total. The molecule has 5 aromatic rings. The number of nitrogens with one attached hydrogen (secondary N) is 2. The van der Waals surface area contributed by atoms with Gasteiger partial charge in [0.2, 0.25) is 0 Å². The third-order valence-corrected chi connectivity index (χ3v) is 9.28. The van der Waals surface area contributed by atoms with Crippen LogP contribution in [0.2, 0.25) is 0 Å². The molecule has 264 valence electrons. The van der Waals surface area contributed by atoms with Crippen LogP contribution in [0.15, 0.2) is 82.5 Å². The van der Waals surface area contributed by atoms with Crippen LogP contribution in [0.4, 0.5) is 11.6 Å². The average molecular weight is 694 g/mol. The highest BCUT2D eigenvalue weighted by molar-refractivity contribution is 6.18. The van der Waals surface area contributed by atoms with Gasteiger partial charge < -0.3 is 10.6 Å². The lowest BCUT2D eigenvalue weighted by molar-refractivity contribution is -0.495. The molecule has 1 atom stereocenters. The van der Waals surface area contributed by atoms with Gasteiger partial charge in [-0.25, -0.2) is 9.97 Å². The molecule has 0 aromatic carbocycles. The Hall–Kier alpha value is -5.91. The Morgan fingerprint density at radius 3 is 1.83 bits per heavy atom. The zero-order valence-electron chi connectivity index (χ0n) is 31.0. The molecule has 0 saturated heterocycles. The molecule has 8 heterocycles. The van der Waals surface area contributed by atoms with E-state index < -0.39 is 0 Å². The molecule has 8 rings (SSSR count). The third kappa shape index (κ3) is 6.88. The summed E-state index contributed by atoms with van der Waals surface area (Å²) in [6.45, 7) is 13.9. The van der Waals surface area contributed by atoms with Gasteiger partial charge in [-0.3, -0.25) is 24.6 Å². The Kier molecular flexibility index (Phi) is 9.55. The number of hydrogen-bond acceptors (Lipinski definition) is 10. The maximum absolute atomic E-state index is 4.77. The summed E-state index contributed by atoms with van der Waals surface area (Å²) in [7, 11) is 3.91. The van der Waals surface area contributed by atoms with E-state index in [1.54, 1.807) is 0 Å². The van der Waals surface area contributed by atoms with E-state index in [9.17, 15) is 0 Å². The summed E-state index contributed by atoms with van der Waals surface area (Å²) in [6.07, 6.45) is 11.4. The minimum absolute atomic E-state index is 0.186. The number of hydrazone groups is 1. The van der Waals surface area contributed by atoms with Crippen LogP contribution in [0.25, 0.3) is 11.1 Å². The van der Waals surface area contributed by atoms with Crippen LogP contribution < -0.4 is 10.6 Å². The molecule has 0 amide bonds. The molecule has 0 bridgehead atoms. The molecular weight excluding hydrogens is 649 g/mol. The second-order valence-corrected chi connectivity index (χ2v) is 13.9. The van der Waals surface area contributed by atoms with Crippen molar-refractivity contribution in [1.29, 1.82) is 0 Å². The molecule has 5 aromatic heterocycles. The highest BCUT2D eigenvalue weighted by Gasteiger charge is 2.28. The number of pyridine rings is 4. The van der Waals surface area contributed by atoms with Gasteiger partial charge in [0.25, 0.3) is 0 Å². The summed E-state index contributed by atoms with van der Waals surface area (Å²) in [4.78, 5) is 27.8. The van der Waals surface area contributed by atoms with Crippen LogP contribution in [0.5, 0.6) is 0 Å². The Balaban J connectivity index is 0.000000162. The van der Waals surface area contributed by atoms with Crippen molar-refractivity contribution in [2.24, 2.45) is 22.1 Å². The molecule has 12 heteroatoms. The maximum Gasteiger partial charge on any atom is 0.185 e. The van der Waals surface area contributed by atoms with Gasteiger partial charge in [0.15, 0.2) is 13.3 Å². The van der Waals surface area contributed by atoms with Crippen molar-refractivity contribution in [3.05, 3.63) is 112 Å². The summed E-state index contributed by atoms with van der Waals surface area (Å²) in [6, 6.07) is 13.0. The predicted molar refractivity (Wildman–Crippen MR) is 208 cm³/mol. The van der Waals surface area contributed by atoms with E-state index in [2.05, 4.69) is 107 Å². The van der Waals surface area contributed by atoms with Gasteiger partial charge in [0.05, 0.1) is 47.8 Å².